The highest BCUT2D eigenvalue weighted by Crippen LogP contribution is 2.31. The molecule has 1 aliphatic heterocycles. The van der Waals surface area contributed by atoms with E-state index in [9.17, 15) is 0 Å². The van der Waals surface area contributed by atoms with Crippen LogP contribution in [0.3, 0.4) is 0 Å². The minimum atomic E-state index is 0.211. The van der Waals surface area contributed by atoms with E-state index in [4.69, 9.17) is 23.8 Å². The Bertz CT molecular complexity index is 1490. The fourth-order valence-corrected chi connectivity index (χ4v) is 4.28. The van der Waals surface area contributed by atoms with Gasteiger partial charge in [-0.2, -0.15) is 4.52 Å². The number of rotatable bonds is 8. The van der Waals surface area contributed by atoms with Crippen molar-refractivity contribution in [1.29, 1.82) is 0 Å². The van der Waals surface area contributed by atoms with Gasteiger partial charge in [0.15, 0.2) is 17.1 Å². The molecule has 1 fully saturated rings. The van der Waals surface area contributed by atoms with Gasteiger partial charge in [0.25, 0.3) is 0 Å². The highest BCUT2D eigenvalue weighted by atomic mass is 16.5. The van der Waals surface area contributed by atoms with Gasteiger partial charge in [-0.1, -0.05) is 36.3 Å². The van der Waals surface area contributed by atoms with E-state index in [2.05, 4.69) is 33.3 Å². The van der Waals surface area contributed by atoms with Gasteiger partial charge in [-0.15, -0.1) is 15.3 Å². The number of hydrogen-bond acceptors (Lipinski definition) is 9. The average Bonchev–Trinajstić information content (AvgIpc) is 3.49. The van der Waals surface area contributed by atoms with Crippen LogP contribution in [0, 0.1) is 5.41 Å². The molecule has 4 aromatic heterocycles. The quantitative estimate of drug-likeness (QED) is 0.334. The molecule has 0 bridgehead atoms. The maximum absolute atomic E-state index is 6.16. The lowest BCUT2D eigenvalue weighted by atomic mass is 9.82. The minimum absolute atomic E-state index is 0.211. The standard InChI is InChI=1S/C25H24N6O4/c1-25(14-33-15-25)10-16-7-8-17(26-11-16)12-34-24-20-6-4-3-5-19(20)22-27-28-23(31(22)29-24)21-9-18(13-32-2)35-30-21/h3-9,11H,10,12-15H2,1-2H3. The third-order valence-corrected chi connectivity index (χ3v) is 6.08. The molecule has 0 unspecified atom stereocenters. The van der Waals surface area contributed by atoms with Gasteiger partial charge in [0.2, 0.25) is 11.7 Å². The van der Waals surface area contributed by atoms with Crippen LogP contribution in [-0.4, -0.2) is 50.3 Å². The zero-order valence-corrected chi connectivity index (χ0v) is 19.5. The number of benzene rings is 1. The number of fused-ring (bicyclic) bond motifs is 3. The molecule has 0 aliphatic carbocycles. The van der Waals surface area contributed by atoms with Crippen molar-refractivity contribution in [3.8, 4) is 17.4 Å². The summed E-state index contributed by atoms with van der Waals surface area (Å²) in [5.41, 5.74) is 3.35. The van der Waals surface area contributed by atoms with Crippen molar-refractivity contribution in [3.05, 3.63) is 65.7 Å². The summed E-state index contributed by atoms with van der Waals surface area (Å²) in [4.78, 5) is 4.59. The summed E-state index contributed by atoms with van der Waals surface area (Å²) in [5.74, 6) is 1.50. The second-order valence-electron chi connectivity index (χ2n) is 9.15. The lowest BCUT2D eigenvalue weighted by molar-refractivity contribution is -0.100. The Labute approximate surface area is 200 Å². The molecule has 10 nitrogen and oxygen atoms in total. The van der Waals surface area contributed by atoms with E-state index in [1.807, 2.05) is 36.5 Å². The van der Waals surface area contributed by atoms with Crippen LogP contribution in [0.2, 0.25) is 0 Å². The van der Waals surface area contributed by atoms with Crippen molar-refractivity contribution in [2.24, 2.45) is 5.41 Å². The lowest BCUT2D eigenvalue weighted by Gasteiger charge is -2.38. The number of aromatic nitrogens is 6. The lowest BCUT2D eigenvalue weighted by Crippen LogP contribution is -2.41. The van der Waals surface area contributed by atoms with Crippen LogP contribution in [0.25, 0.3) is 27.9 Å². The molecule has 0 radical (unpaired) electrons. The monoisotopic (exact) mass is 472 g/mol. The summed E-state index contributed by atoms with van der Waals surface area (Å²) < 4.78 is 23.6. The smallest absolute Gasteiger partial charge is 0.240 e. The van der Waals surface area contributed by atoms with E-state index < -0.39 is 0 Å². The maximum Gasteiger partial charge on any atom is 0.240 e. The van der Waals surface area contributed by atoms with Crippen LogP contribution in [-0.2, 0) is 29.1 Å². The molecule has 0 saturated carbocycles. The Hall–Kier alpha value is -3.89. The minimum Gasteiger partial charge on any atom is -0.470 e. The highest BCUT2D eigenvalue weighted by molar-refractivity contribution is 5.96. The third-order valence-electron chi connectivity index (χ3n) is 6.08. The molecule has 178 valence electrons. The van der Waals surface area contributed by atoms with Gasteiger partial charge in [0, 0.05) is 35.6 Å². The molecular formula is C25H24N6O4. The van der Waals surface area contributed by atoms with Crippen LogP contribution in [0.5, 0.6) is 5.88 Å². The number of hydrogen-bond donors (Lipinski definition) is 0. The van der Waals surface area contributed by atoms with Crippen molar-refractivity contribution < 1.29 is 18.7 Å². The molecule has 1 saturated heterocycles. The summed E-state index contributed by atoms with van der Waals surface area (Å²) in [6, 6.07) is 13.7. The van der Waals surface area contributed by atoms with Crippen LogP contribution in [0.4, 0.5) is 0 Å². The second-order valence-corrected chi connectivity index (χ2v) is 9.15. The molecule has 0 amide bonds. The van der Waals surface area contributed by atoms with Gasteiger partial charge in [0.05, 0.1) is 18.9 Å². The molecular weight excluding hydrogens is 448 g/mol. The van der Waals surface area contributed by atoms with E-state index in [1.54, 1.807) is 17.7 Å². The zero-order valence-electron chi connectivity index (χ0n) is 19.5. The van der Waals surface area contributed by atoms with Gasteiger partial charge < -0.3 is 18.7 Å². The SMILES string of the molecule is COCc1cc(-c2nnc3c4ccccc4c(OCc4ccc(CC5(C)COC5)cn4)nn23)no1. The van der Waals surface area contributed by atoms with Crippen LogP contribution in [0.15, 0.2) is 53.2 Å². The molecule has 10 heteroatoms. The number of ether oxygens (including phenoxy) is 3. The van der Waals surface area contributed by atoms with E-state index in [0.29, 0.717) is 35.4 Å². The summed E-state index contributed by atoms with van der Waals surface area (Å²) in [5, 5.41) is 19.2. The van der Waals surface area contributed by atoms with Crippen molar-refractivity contribution in [3.63, 3.8) is 0 Å². The number of pyridine rings is 1. The first-order valence-electron chi connectivity index (χ1n) is 11.4. The maximum atomic E-state index is 6.16. The van der Waals surface area contributed by atoms with Crippen molar-refractivity contribution in [1.82, 2.24) is 30.0 Å². The van der Waals surface area contributed by atoms with E-state index in [-0.39, 0.29) is 12.0 Å². The fraction of sp³-hybridized carbons (Fsp3) is 0.320. The first-order valence-corrected chi connectivity index (χ1v) is 11.4. The Balaban J connectivity index is 1.29. The molecule has 5 heterocycles. The zero-order chi connectivity index (χ0) is 23.8. The number of methoxy groups -OCH3 is 1. The van der Waals surface area contributed by atoms with Gasteiger partial charge in [-0.3, -0.25) is 4.98 Å². The average molecular weight is 473 g/mol. The Kier molecular flexibility index (Phi) is 5.39. The first-order chi connectivity index (χ1) is 17.1. The van der Waals surface area contributed by atoms with Gasteiger partial charge >= 0.3 is 0 Å². The topological polar surface area (TPSA) is 110 Å². The summed E-state index contributed by atoms with van der Waals surface area (Å²) in [6.45, 7) is 4.42. The molecule has 1 aliphatic rings. The Morgan fingerprint density at radius 3 is 2.66 bits per heavy atom. The molecule has 5 aromatic rings. The fourth-order valence-electron chi connectivity index (χ4n) is 4.28. The van der Waals surface area contributed by atoms with E-state index >= 15 is 0 Å². The molecule has 35 heavy (non-hydrogen) atoms. The van der Waals surface area contributed by atoms with E-state index in [0.717, 1.165) is 36.1 Å². The molecule has 1 aromatic carbocycles. The molecule has 6 rings (SSSR count). The predicted molar refractivity (Wildman–Crippen MR) is 126 cm³/mol. The molecule has 0 spiro atoms. The Morgan fingerprint density at radius 2 is 1.91 bits per heavy atom. The van der Waals surface area contributed by atoms with Crippen molar-refractivity contribution in [2.45, 2.75) is 26.6 Å². The summed E-state index contributed by atoms with van der Waals surface area (Å²) in [7, 11) is 1.60. The molecule has 0 N–H and O–H groups in total. The summed E-state index contributed by atoms with van der Waals surface area (Å²) in [6.07, 6.45) is 2.87. The van der Waals surface area contributed by atoms with Gasteiger partial charge in [-0.25, -0.2) is 0 Å². The first kappa shape index (κ1) is 21.6. The highest BCUT2D eigenvalue weighted by Gasteiger charge is 2.33. The van der Waals surface area contributed by atoms with Crippen LogP contribution < -0.4 is 4.74 Å². The molecule has 0 atom stereocenters. The van der Waals surface area contributed by atoms with Gasteiger partial charge in [-0.05, 0) is 24.1 Å². The van der Waals surface area contributed by atoms with Crippen LogP contribution >= 0.6 is 0 Å². The third kappa shape index (κ3) is 4.11. The van der Waals surface area contributed by atoms with Gasteiger partial charge in [0.1, 0.15) is 13.2 Å². The largest absolute Gasteiger partial charge is 0.470 e. The predicted octanol–water partition coefficient (Wildman–Crippen LogP) is 3.63. The normalized spacial score (nSPS) is 14.9. The number of nitrogens with zero attached hydrogens (tertiary/aromatic N) is 6. The second kappa shape index (κ2) is 8.71. The van der Waals surface area contributed by atoms with Crippen molar-refractivity contribution in [2.75, 3.05) is 20.3 Å². The van der Waals surface area contributed by atoms with Crippen LogP contribution in [0.1, 0.15) is 23.9 Å². The Morgan fingerprint density at radius 1 is 1.06 bits per heavy atom. The summed E-state index contributed by atoms with van der Waals surface area (Å²) >= 11 is 0. The van der Waals surface area contributed by atoms with Crippen molar-refractivity contribution >= 4 is 16.4 Å². The van der Waals surface area contributed by atoms with E-state index in [1.165, 1.54) is 5.56 Å².